The maximum absolute atomic E-state index is 9.46. The van der Waals surface area contributed by atoms with Crippen molar-refractivity contribution in [2.75, 3.05) is 11.9 Å². The molecule has 3 aromatic rings. The van der Waals surface area contributed by atoms with Crippen LogP contribution in [-0.4, -0.2) is 17.6 Å². The van der Waals surface area contributed by atoms with Crippen LogP contribution in [0, 0.1) is 0 Å². The zero-order valence-corrected chi connectivity index (χ0v) is 17.0. The molecule has 0 aliphatic carbocycles. The molecule has 0 saturated carbocycles. The highest BCUT2D eigenvalue weighted by molar-refractivity contribution is 14.0. The van der Waals surface area contributed by atoms with Gasteiger partial charge in [0.05, 0.1) is 0 Å². The molecular formula is C21H22IN3O2. The highest BCUT2D eigenvalue weighted by Gasteiger charge is 2.00. The smallest absolute Gasteiger partial charge is 0.193 e. The molecule has 140 valence electrons. The van der Waals surface area contributed by atoms with Gasteiger partial charge >= 0.3 is 0 Å². The minimum Gasteiger partial charge on any atom is -0.508 e. The van der Waals surface area contributed by atoms with Crippen molar-refractivity contribution in [3.8, 4) is 17.2 Å². The molecule has 0 aromatic heterocycles. The Kier molecular flexibility index (Phi) is 7.94. The van der Waals surface area contributed by atoms with Crippen molar-refractivity contribution >= 4 is 35.6 Å². The number of phenolic OH excluding ortho intramolecular Hbond substituents is 1. The van der Waals surface area contributed by atoms with E-state index in [0.29, 0.717) is 24.7 Å². The molecule has 27 heavy (non-hydrogen) atoms. The maximum atomic E-state index is 9.46. The van der Waals surface area contributed by atoms with Gasteiger partial charge in [-0.2, -0.15) is 0 Å². The molecule has 0 heterocycles. The Balaban J connectivity index is 0.00000261. The average molecular weight is 475 g/mol. The predicted octanol–water partition coefficient (Wildman–Crippen LogP) is 4.77. The van der Waals surface area contributed by atoms with Crippen LogP contribution in [0.2, 0.25) is 0 Å². The van der Waals surface area contributed by atoms with Crippen molar-refractivity contribution in [3.05, 3.63) is 84.4 Å². The monoisotopic (exact) mass is 475 g/mol. The largest absolute Gasteiger partial charge is 0.508 e. The first-order valence-electron chi connectivity index (χ1n) is 8.37. The number of rotatable bonds is 6. The second-order valence-electron chi connectivity index (χ2n) is 5.75. The van der Waals surface area contributed by atoms with Gasteiger partial charge in [0.2, 0.25) is 0 Å². The fourth-order valence-electron chi connectivity index (χ4n) is 2.47. The van der Waals surface area contributed by atoms with Gasteiger partial charge in [-0.05, 0) is 48.4 Å². The summed E-state index contributed by atoms with van der Waals surface area (Å²) >= 11 is 0. The summed E-state index contributed by atoms with van der Waals surface area (Å²) in [5, 5.41) is 12.5. The topological polar surface area (TPSA) is 79.9 Å². The van der Waals surface area contributed by atoms with Gasteiger partial charge < -0.3 is 20.9 Å². The van der Waals surface area contributed by atoms with Crippen molar-refractivity contribution in [2.24, 2.45) is 10.7 Å². The fourth-order valence-corrected chi connectivity index (χ4v) is 2.47. The molecule has 0 bridgehead atoms. The molecule has 0 aliphatic heterocycles. The molecule has 0 unspecified atom stereocenters. The van der Waals surface area contributed by atoms with Crippen molar-refractivity contribution in [2.45, 2.75) is 6.42 Å². The van der Waals surface area contributed by atoms with Gasteiger partial charge in [0.15, 0.2) is 5.96 Å². The lowest BCUT2D eigenvalue weighted by Gasteiger charge is -2.09. The molecule has 4 N–H and O–H groups in total. The quantitative estimate of drug-likeness (QED) is 0.273. The Morgan fingerprint density at radius 3 is 2.44 bits per heavy atom. The summed E-state index contributed by atoms with van der Waals surface area (Å²) in [6, 6.07) is 24.3. The van der Waals surface area contributed by atoms with Gasteiger partial charge in [0.25, 0.3) is 0 Å². The molecule has 0 saturated heterocycles. The second-order valence-corrected chi connectivity index (χ2v) is 5.75. The number of para-hydroxylation sites is 1. The number of aromatic hydroxyl groups is 1. The first kappa shape index (κ1) is 20.6. The summed E-state index contributed by atoms with van der Waals surface area (Å²) in [6.07, 6.45) is 0.702. The van der Waals surface area contributed by atoms with Crippen LogP contribution in [0.3, 0.4) is 0 Å². The Hall–Kier alpha value is -2.74. The number of hydrogen-bond donors (Lipinski definition) is 3. The van der Waals surface area contributed by atoms with E-state index in [1.165, 1.54) is 0 Å². The lowest BCUT2D eigenvalue weighted by molar-refractivity contribution is 0.474. The van der Waals surface area contributed by atoms with Crippen molar-refractivity contribution in [1.29, 1.82) is 0 Å². The van der Waals surface area contributed by atoms with E-state index in [9.17, 15) is 5.11 Å². The van der Waals surface area contributed by atoms with E-state index >= 15 is 0 Å². The van der Waals surface area contributed by atoms with E-state index in [1.54, 1.807) is 12.1 Å². The highest BCUT2D eigenvalue weighted by atomic mass is 127. The molecule has 0 atom stereocenters. The standard InChI is InChI=1S/C21H21N3O2.HI/c22-21(23-13-12-16-6-4-8-18(25)14-16)24-17-7-5-11-20(15-17)26-19-9-2-1-3-10-19;/h1-11,14-15,25H,12-13H2,(H3,22,23,24);1H. The molecule has 0 radical (unpaired) electrons. The van der Waals surface area contributed by atoms with Crippen LogP contribution in [0.5, 0.6) is 17.2 Å². The van der Waals surface area contributed by atoms with Crippen LogP contribution in [0.15, 0.2) is 83.9 Å². The number of guanidine groups is 1. The molecule has 3 rings (SSSR count). The molecule has 0 aliphatic rings. The van der Waals surface area contributed by atoms with Gasteiger partial charge in [-0.15, -0.1) is 24.0 Å². The summed E-state index contributed by atoms with van der Waals surface area (Å²) in [5.74, 6) is 2.08. The Morgan fingerprint density at radius 1 is 0.926 bits per heavy atom. The van der Waals surface area contributed by atoms with Crippen LogP contribution in [0.4, 0.5) is 5.69 Å². The van der Waals surface area contributed by atoms with E-state index in [2.05, 4.69) is 10.3 Å². The van der Waals surface area contributed by atoms with Crippen LogP contribution >= 0.6 is 24.0 Å². The summed E-state index contributed by atoms with van der Waals surface area (Å²) in [7, 11) is 0. The average Bonchev–Trinajstić information content (AvgIpc) is 2.63. The van der Waals surface area contributed by atoms with Crippen molar-refractivity contribution < 1.29 is 9.84 Å². The van der Waals surface area contributed by atoms with Crippen LogP contribution in [0.1, 0.15) is 5.56 Å². The number of nitrogens with two attached hydrogens (primary N) is 1. The van der Waals surface area contributed by atoms with Crippen molar-refractivity contribution in [3.63, 3.8) is 0 Å². The third-order valence-corrected chi connectivity index (χ3v) is 3.68. The molecule has 0 amide bonds. The molecule has 6 heteroatoms. The summed E-state index contributed by atoms with van der Waals surface area (Å²) in [5.41, 5.74) is 7.77. The number of ether oxygens (including phenoxy) is 1. The van der Waals surface area contributed by atoms with E-state index in [4.69, 9.17) is 10.5 Å². The van der Waals surface area contributed by atoms with E-state index in [0.717, 1.165) is 17.0 Å². The van der Waals surface area contributed by atoms with Crippen LogP contribution in [0.25, 0.3) is 0 Å². The summed E-state index contributed by atoms with van der Waals surface area (Å²) in [4.78, 5) is 4.32. The molecule has 0 fully saturated rings. The normalized spacial score (nSPS) is 10.7. The fraction of sp³-hybridized carbons (Fsp3) is 0.0952. The van der Waals surface area contributed by atoms with E-state index in [1.807, 2.05) is 66.7 Å². The second kappa shape index (κ2) is 10.4. The first-order chi connectivity index (χ1) is 12.7. The van der Waals surface area contributed by atoms with Gasteiger partial charge in [0, 0.05) is 18.3 Å². The van der Waals surface area contributed by atoms with Gasteiger partial charge in [-0.25, -0.2) is 0 Å². The first-order valence-corrected chi connectivity index (χ1v) is 8.37. The zero-order chi connectivity index (χ0) is 18.2. The predicted molar refractivity (Wildman–Crippen MR) is 120 cm³/mol. The van der Waals surface area contributed by atoms with Gasteiger partial charge in [0.1, 0.15) is 17.2 Å². The number of nitrogens with zero attached hydrogens (tertiary/aromatic N) is 1. The Morgan fingerprint density at radius 2 is 1.67 bits per heavy atom. The molecule has 3 aromatic carbocycles. The highest BCUT2D eigenvalue weighted by Crippen LogP contribution is 2.23. The molecular weight excluding hydrogens is 453 g/mol. The third-order valence-electron chi connectivity index (χ3n) is 3.68. The minimum atomic E-state index is 0. The van der Waals surface area contributed by atoms with Crippen molar-refractivity contribution in [1.82, 2.24) is 0 Å². The SMILES string of the molecule is I.NC(=NCCc1cccc(O)c1)Nc1cccc(Oc2ccccc2)c1. The number of hydrogen-bond acceptors (Lipinski definition) is 3. The zero-order valence-electron chi connectivity index (χ0n) is 14.7. The lowest BCUT2D eigenvalue weighted by Crippen LogP contribution is -2.23. The van der Waals surface area contributed by atoms with Gasteiger partial charge in [-0.1, -0.05) is 36.4 Å². The van der Waals surface area contributed by atoms with E-state index in [-0.39, 0.29) is 29.7 Å². The number of anilines is 1. The third kappa shape index (κ3) is 6.82. The maximum Gasteiger partial charge on any atom is 0.193 e. The number of aliphatic imine (C=N–C) groups is 1. The number of phenols is 1. The minimum absolute atomic E-state index is 0. The Labute approximate surface area is 175 Å². The summed E-state index contributed by atoms with van der Waals surface area (Å²) in [6.45, 7) is 0.530. The van der Waals surface area contributed by atoms with Crippen LogP contribution in [-0.2, 0) is 6.42 Å². The Bertz CT molecular complexity index is 885. The van der Waals surface area contributed by atoms with E-state index < -0.39 is 0 Å². The molecule has 5 nitrogen and oxygen atoms in total. The number of halogens is 1. The van der Waals surface area contributed by atoms with Crippen LogP contribution < -0.4 is 15.8 Å². The summed E-state index contributed by atoms with van der Waals surface area (Å²) < 4.78 is 5.81. The van der Waals surface area contributed by atoms with Gasteiger partial charge in [-0.3, -0.25) is 4.99 Å². The number of nitrogens with one attached hydrogen (secondary N) is 1. The lowest BCUT2D eigenvalue weighted by atomic mass is 10.1. The number of benzene rings is 3. The molecule has 0 spiro atoms.